The normalized spacial score (nSPS) is 29.2. The maximum atomic E-state index is 10.3. The molecular formula is C22H41KO5S. The van der Waals surface area contributed by atoms with E-state index < -0.39 is 6.10 Å². The fourth-order valence-electron chi connectivity index (χ4n) is 3.16. The molecule has 0 spiro atoms. The molecule has 3 N–H and O–H groups in total. The van der Waals surface area contributed by atoms with E-state index in [2.05, 4.69) is 44.6 Å². The Morgan fingerprint density at radius 2 is 1.66 bits per heavy atom. The Morgan fingerprint density at radius 3 is 2.10 bits per heavy atom. The molecule has 0 radical (unpaired) electrons. The number of esters is 1. The van der Waals surface area contributed by atoms with E-state index >= 15 is 0 Å². The van der Waals surface area contributed by atoms with Crippen molar-refractivity contribution in [1.29, 1.82) is 0 Å². The first-order chi connectivity index (χ1) is 12.8. The Morgan fingerprint density at radius 1 is 1.10 bits per heavy atom. The van der Waals surface area contributed by atoms with Crippen LogP contribution in [-0.4, -0.2) is 46.7 Å². The molecule has 29 heavy (non-hydrogen) atoms. The minimum Gasteiger partial charge on any atom is -0.813 e. The van der Waals surface area contributed by atoms with Crippen molar-refractivity contribution in [2.75, 3.05) is 13.2 Å². The van der Waals surface area contributed by atoms with Gasteiger partial charge < -0.3 is 33.6 Å². The van der Waals surface area contributed by atoms with Crippen LogP contribution in [0.3, 0.4) is 0 Å². The Labute approximate surface area is 227 Å². The largest absolute Gasteiger partial charge is 1.00 e. The molecule has 1 fully saturated rings. The Balaban J connectivity index is -0.000000367. The zero-order chi connectivity index (χ0) is 20.8. The molecule has 3 aliphatic rings. The number of aliphatic hydroxyl groups excluding tert-OH is 3. The van der Waals surface area contributed by atoms with Gasteiger partial charge in [-0.25, -0.2) is 0 Å². The minimum absolute atomic E-state index is 0. The summed E-state index contributed by atoms with van der Waals surface area (Å²) in [6.07, 6.45) is 9.96. The smallest absolute Gasteiger partial charge is 0.813 e. The van der Waals surface area contributed by atoms with Crippen LogP contribution in [-0.2, 0) is 23.0 Å². The van der Waals surface area contributed by atoms with Gasteiger partial charge in [0, 0.05) is 13.0 Å². The number of aliphatic hydroxyl groups is 3. The molecule has 1 aliphatic heterocycles. The Bertz CT molecular complexity index is 468. The predicted molar refractivity (Wildman–Crippen MR) is 118 cm³/mol. The van der Waals surface area contributed by atoms with E-state index in [9.17, 15) is 9.90 Å². The summed E-state index contributed by atoms with van der Waals surface area (Å²) in [5.74, 6) is 1.84. The van der Waals surface area contributed by atoms with Crippen molar-refractivity contribution in [3.05, 3.63) is 23.8 Å². The average molecular weight is 457 g/mol. The zero-order valence-corrected chi connectivity index (χ0v) is 23.2. The summed E-state index contributed by atoms with van der Waals surface area (Å²) in [6, 6.07) is 0. The van der Waals surface area contributed by atoms with E-state index in [4.69, 9.17) is 10.2 Å². The molecule has 5 unspecified atom stereocenters. The number of carbonyl (C=O) groups excluding carboxylic acids is 1. The Hall–Kier alpha value is 0.816. The molecule has 2 aliphatic carbocycles. The third-order valence-electron chi connectivity index (χ3n) is 4.76. The number of hydrogen-bond donors (Lipinski definition) is 3. The summed E-state index contributed by atoms with van der Waals surface area (Å²) in [7, 11) is 0. The van der Waals surface area contributed by atoms with E-state index in [0.29, 0.717) is 24.9 Å². The fourth-order valence-corrected chi connectivity index (χ4v) is 3.16. The van der Waals surface area contributed by atoms with Gasteiger partial charge in [0.15, 0.2) is 0 Å². The molecule has 0 saturated carbocycles. The van der Waals surface area contributed by atoms with Gasteiger partial charge in [-0.05, 0) is 43.1 Å². The number of carbonyl (C=O) groups is 1. The first-order valence-electron chi connectivity index (χ1n) is 10.3. The number of thiol groups is 1. The molecule has 1 saturated heterocycles. The monoisotopic (exact) mass is 456 g/mol. The third-order valence-corrected chi connectivity index (χ3v) is 4.76. The first kappa shape index (κ1) is 34.4. The van der Waals surface area contributed by atoms with Gasteiger partial charge in [0.1, 0.15) is 0 Å². The van der Waals surface area contributed by atoms with Crippen LogP contribution in [0.2, 0.25) is 0 Å². The van der Waals surface area contributed by atoms with Gasteiger partial charge in [-0.2, -0.15) is 0 Å². The van der Waals surface area contributed by atoms with E-state index in [1.165, 1.54) is 12.0 Å². The fraction of sp³-hybridized carbons (Fsp3) is 0.773. The van der Waals surface area contributed by atoms with Crippen LogP contribution in [0.15, 0.2) is 23.8 Å². The van der Waals surface area contributed by atoms with Gasteiger partial charge in [0.25, 0.3) is 0 Å². The second-order valence-electron chi connectivity index (χ2n) is 7.39. The van der Waals surface area contributed by atoms with Crippen molar-refractivity contribution in [2.45, 2.75) is 78.9 Å². The topological polar surface area (TPSA) is 87.0 Å². The average Bonchev–Trinajstić information content (AvgIpc) is 2.60. The molecule has 7 heteroatoms. The molecule has 3 rings (SSSR count). The maximum absolute atomic E-state index is 10.3. The SMILES string of the molecule is CC1C=CC2=CC(O)CCC2C1C.CCC.CCO.O=C1CC(O)CCO1.[K+].[SH-]. The van der Waals surface area contributed by atoms with Crippen LogP contribution < -0.4 is 51.4 Å². The molecule has 0 bridgehead atoms. The summed E-state index contributed by atoms with van der Waals surface area (Å²) in [4.78, 5) is 10.3. The van der Waals surface area contributed by atoms with Crippen LogP contribution in [0.5, 0.6) is 0 Å². The zero-order valence-electron chi connectivity index (χ0n) is 19.2. The predicted octanol–water partition coefficient (Wildman–Crippen LogP) is 0.359. The van der Waals surface area contributed by atoms with Crippen molar-refractivity contribution in [3.8, 4) is 0 Å². The first-order valence-corrected chi connectivity index (χ1v) is 10.3. The molecule has 0 aromatic rings. The summed E-state index contributed by atoms with van der Waals surface area (Å²) in [5, 5.41) is 25.8. The second kappa shape index (κ2) is 20.7. The van der Waals surface area contributed by atoms with Crippen molar-refractivity contribution in [2.24, 2.45) is 17.8 Å². The number of allylic oxidation sites excluding steroid dienone is 3. The van der Waals surface area contributed by atoms with Crippen molar-refractivity contribution in [1.82, 2.24) is 0 Å². The molecule has 0 aromatic heterocycles. The van der Waals surface area contributed by atoms with Crippen LogP contribution in [0.25, 0.3) is 0 Å². The minimum atomic E-state index is -0.462. The van der Waals surface area contributed by atoms with Gasteiger partial charge in [-0.15, -0.1) is 0 Å². The van der Waals surface area contributed by atoms with E-state index in [1.807, 2.05) is 6.08 Å². The number of cyclic esters (lactones) is 1. The van der Waals surface area contributed by atoms with Crippen molar-refractivity contribution in [3.63, 3.8) is 0 Å². The number of ether oxygens (including phenoxy) is 1. The Kier molecular flexibility index (Phi) is 24.6. The molecule has 5 nitrogen and oxygen atoms in total. The van der Waals surface area contributed by atoms with Gasteiger partial charge in [0.2, 0.25) is 0 Å². The summed E-state index contributed by atoms with van der Waals surface area (Å²) < 4.78 is 4.55. The maximum Gasteiger partial charge on any atom is 1.00 e. The summed E-state index contributed by atoms with van der Waals surface area (Å²) >= 11 is 0. The van der Waals surface area contributed by atoms with E-state index in [0.717, 1.165) is 18.8 Å². The van der Waals surface area contributed by atoms with Crippen LogP contribution in [0.1, 0.15) is 66.7 Å². The number of hydrogen-bond acceptors (Lipinski definition) is 6. The molecule has 0 amide bonds. The standard InChI is InChI=1S/C12H18O.C5H8O3.C3H8.C2H6O.K.H2S/c1-8-3-4-10-7-11(13)5-6-12(10)9(8)2;6-4-1-2-8-5(7)3-4;1-3-2;1-2-3;;/h3-4,7-9,11-13H,5-6H2,1-2H3;4,6H,1-3H2;3H2,1-2H3;3H,2H2,1H3;;1H2/q;;;;+1;/p-1. The number of fused-ring (bicyclic) bond motifs is 1. The van der Waals surface area contributed by atoms with Gasteiger partial charge in [-0.3, -0.25) is 4.79 Å². The van der Waals surface area contributed by atoms with Crippen LogP contribution >= 0.6 is 0 Å². The van der Waals surface area contributed by atoms with Crippen LogP contribution in [0.4, 0.5) is 0 Å². The number of rotatable bonds is 0. The van der Waals surface area contributed by atoms with E-state index in [-0.39, 0.29) is 90.0 Å². The third kappa shape index (κ3) is 15.3. The summed E-state index contributed by atoms with van der Waals surface area (Å²) in [6.45, 7) is 11.2. The van der Waals surface area contributed by atoms with Crippen molar-refractivity contribution >= 4 is 19.5 Å². The molecular weight excluding hydrogens is 415 g/mol. The molecule has 1 heterocycles. The molecule has 0 aromatic carbocycles. The second-order valence-corrected chi connectivity index (χ2v) is 7.39. The van der Waals surface area contributed by atoms with E-state index in [1.54, 1.807) is 6.92 Å². The van der Waals surface area contributed by atoms with Crippen LogP contribution in [0, 0.1) is 17.8 Å². The molecule has 166 valence electrons. The van der Waals surface area contributed by atoms with Gasteiger partial charge >= 0.3 is 57.4 Å². The van der Waals surface area contributed by atoms with Gasteiger partial charge in [-0.1, -0.05) is 52.3 Å². The van der Waals surface area contributed by atoms with Crippen molar-refractivity contribution < 1.29 is 76.2 Å². The summed E-state index contributed by atoms with van der Waals surface area (Å²) in [5.41, 5.74) is 1.37. The van der Waals surface area contributed by atoms with Gasteiger partial charge in [0.05, 0.1) is 25.2 Å². The quantitative estimate of drug-likeness (QED) is 0.211. The molecule has 5 atom stereocenters.